The van der Waals surface area contributed by atoms with E-state index in [0.29, 0.717) is 12.1 Å². The maximum Gasteiger partial charge on any atom is 0.242 e. The van der Waals surface area contributed by atoms with Crippen molar-refractivity contribution in [3.8, 4) is 0 Å². The van der Waals surface area contributed by atoms with Gasteiger partial charge in [-0.05, 0) is 44.0 Å². The molecule has 0 saturated carbocycles. The van der Waals surface area contributed by atoms with Gasteiger partial charge in [0.2, 0.25) is 5.91 Å². The molecule has 1 aromatic carbocycles. The second-order valence-electron chi connectivity index (χ2n) is 4.12. The predicted octanol–water partition coefficient (Wildman–Crippen LogP) is 2.46. The van der Waals surface area contributed by atoms with Crippen LogP contribution in [-0.4, -0.2) is 18.5 Å². The SMILES string of the molecule is CCCNC(=O)C(C)Nc1ccc(F)c(C)c1. The Morgan fingerprint density at radius 3 is 2.76 bits per heavy atom. The summed E-state index contributed by atoms with van der Waals surface area (Å²) in [6.45, 7) is 6.15. The molecule has 0 aromatic heterocycles. The first-order valence-electron chi connectivity index (χ1n) is 5.85. The van der Waals surface area contributed by atoms with Crippen molar-refractivity contribution >= 4 is 11.6 Å². The smallest absolute Gasteiger partial charge is 0.242 e. The number of rotatable bonds is 5. The average Bonchev–Trinajstić information content (AvgIpc) is 2.30. The maximum atomic E-state index is 13.1. The zero-order valence-corrected chi connectivity index (χ0v) is 10.5. The molecule has 1 rings (SSSR count). The van der Waals surface area contributed by atoms with Gasteiger partial charge in [-0.3, -0.25) is 4.79 Å². The quantitative estimate of drug-likeness (QED) is 0.827. The number of carbonyl (C=O) groups excluding carboxylic acids is 1. The van der Waals surface area contributed by atoms with Crippen LogP contribution in [0.2, 0.25) is 0 Å². The largest absolute Gasteiger partial charge is 0.374 e. The first kappa shape index (κ1) is 13.5. The van der Waals surface area contributed by atoms with Crippen LogP contribution < -0.4 is 10.6 Å². The van der Waals surface area contributed by atoms with Gasteiger partial charge in [0, 0.05) is 12.2 Å². The normalized spacial score (nSPS) is 12.0. The third kappa shape index (κ3) is 4.06. The summed E-state index contributed by atoms with van der Waals surface area (Å²) >= 11 is 0. The number of aryl methyl sites for hydroxylation is 1. The number of benzene rings is 1. The number of amides is 1. The van der Waals surface area contributed by atoms with E-state index in [2.05, 4.69) is 10.6 Å². The number of nitrogens with one attached hydrogen (secondary N) is 2. The second kappa shape index (κ2) is 6.23. The summed E-state index contributed by atoms with van der Waals surface area (Å²) in [7, 11) is 0. The Balaban J connectivity index is 2.58. The minimum atomic E-state index is -0.327. The lowest BCUT2D eigenvalue weighted by atomic mass is 10.2. The Hall–Kier alpha value is -1.58. The minimum absolute atomic E-state index is 0.0474. The highest BCUT2D eigenvalue weighted by Crippen LogP contribution is 2.14. The molecule has 0 aliphatic heterocycles. The van der Waals surface area contributed by atoms with Gasteiger partial charge in [-0.25, -0.2) is 4.39 Å². The maximum absolute atomic E-state index is 13.1. The van der Waals surface area contributed by atoms with Crippen LogP contribution >= 0.6 is 0 Å². The summed E-state index contributed by atoms with van der Waals surface area (Å²) < 4.78 is 13.1. The van der Waals surface area contributed by atoms with Crippen LogP contribution in [0.4, 0.5) is 10.1 Å². The molecule has 0 fully saturated rings. The van der Waals surface area contributed by atoms with Gasteiger partial charge >= 0.3 is 0 Å². The number of anilines is 1. The molecule has 3 nitrogen and oxygen atoms in total. The Morgan fingerprint density at radius 1 is 1.47 bits per heavy atom. The summed E-state index contributed by atoms with van der Waals surface area (Å²) in [6, 6.07) is 4.39. The van der Waals surface area contributed by atoms with Crippen LogP contribution in [0.15, 0.2) is 18.2 Å². The van der Waals surface area contributed by atoms with Crippen molar-refractivity contribution in [3.63, 3.8) is 0 Å². The average molecular weight is 238 g/mol. The Bertz CT molecular complexity index is 393. The Morgan fingerprint density at radius 2 is 2.18 bits per heavy atom. The van der Waals surface area contributed by atoms with Gasteiger partial charge in [-0.2, -0.15) is 0 Å². The van der Waals surface area contributed by atoms with E-state index in [1.54, 1.807) is 26.0 Å². The van der Waals surface area contributed by atoms with Gasteiger partial charge in [0.05, 0.1) is 0 Å². The minimum Gasteiger partial charge on any atom is -0.374 e. The number of halogens is 1. The van der Waals surface area contributed by atoms with Crippen LogP contribution in [0.5, 0.6) is 0 Å². The van der Waals surface area contributed by atoms with Crippen molar-refractivity contribution < 1.29 is 9.18 Å². The fraction of sp³-hybridized carbons (Fsp3) is 0.462. The highest BCUT2D eigenvalue weighted by Gasteiger charge is 2.11. The lowest BCUT2D eigenvalue weighted by Gasteiger charge is -2.15. The van der Waals surface area contributed by atoms with Crippen molar-refractivity contribution in [2.24, 2.45) is 0 Å². The molecule has 0 spiro atoms. The summed E-state index contributed by atoms with van der Waals surface area (Å²) in [5.41, 5.74) is 1.32. The summed E-state index contributed by atoms with van der Waals surface area (Å²) in [4.78, 5) is 11.6. The molecule has 1 aromatic rings. The van der Waals surface area contributed by atoms with E-state index in [1.807, 2.05) is 6.92 Å². The summed E-state index contributed by atoms with van der Waals surface area (Å²) in [6.07, 6.45) is 0.911. The number of carbonyl (C=O) groups is 1. The highest BCUT2D eigenvalue weighted by atomic mass is 19.1. The molecule has 0 bridgehead atoms. The Kier molecular flexibility index (Phi) is 4.94. The van der Waals surface area contributed by atoms with Crippen molar-refractivity contribution in [3.05, 3.63) is 29.6 Å². The molecule has 4 heteroatoms. The molecule has 0 aliphatic carbocycles. The second-order valence-corrected chi connectivity index (χ2v) is 4.12. The zero-order valence-electron chi connectivity index (χ0n) is 10.5. The number of hydrogen-bond acceptors (Lipinski definition) is 2. The van der Waals surface area contributed by atoms with E-state index < -0.39 is 0 Å². The highest BCUT2D eigenvalue weighted by molar-refractivity contribution is 5.84. The third-order valence-corrected chi connectivity index (χ3v) is 2.48. The van der Waals surface area contributed by atoms with Crippen molar-refractivity contribution in [1.82, 2.24) is 5.32 Å². The molecule has 1 unspecified atom stereocenters. The fourth-order valence-corrected chi connectivity index (χ4v) is 1.45. The molecule has 0 aliphatic rings. The molecular formula is C13H19FN2O. The van der Waals surface area contributed by atoms with Crippen LogP contribution in [0.3, 0.4) is 0 Å². The van der Waals surface area contributed by atoms with E-state index in [1.165, 1.54) is 6.07 Å². The van der Waals surface area contributed by atoms with Gasteiger partial charge in [-0.15, -0.1) is 0 Å². The molecule has 1 atom stereocenters. The van der Waals surface area contributed by atoms with Gasteiger partial charge in [0.15, 0.2) is 0 Å². The van der Waals surface area contributed by atoms with Gasteiger partial charge in [-0.1, -0.05) is 6.92 Å². The van der Waals surface area contributed by atoms with Gasteiger partial charge in [0.25, 0.3) is 0 Å². The molecule has 0 heterocycles. The standard InChI is InChI=1S/C13H19FN2O/c1-4-7-15-13(17)10(3)16-11-5-6-12(14)9(2)8-11/h5-6,8,10,16H,4,7H2,1-3H3,(H,15,17). The lowest BCUT2D eigenvalue weighted by Crippen LogP contribution is -2.37. The van der Waals surface area contributed by atoms with Crippen molar-refractivity contribution in [2.45, 2.75) is 33.2 Å². The first-order chi connectivity index (χ1) is 8.04. The molecule has 0 saturated heterocycles. The van der Waals surface area contributed by atoms with E-state index in [0.717, 1.165) is 12.1 Å². The zero-order chi connectivity index (χ0) is 12.8. The van der Waals surface area contributed by atoms with Crippen LogP contribution in [0, 0.1) is 12.7 Å². The van der Waals surface area contributed by atoms with E-state index in [-0.39, 0.29) is 17.8 Å². The number of hydrogen-bond donors (Lipinski definition) is 2. The first-order valence-corrected chi connectivity index (χ1v) is 5.85. The molecule has 2 N–H and O–H groups in total. The molecule has 0 radical (unpaired) electrons. The third-order valence-electron chi connectivity index (χ3n) is 2.48. The van der Waals surface area contributed by atoms with Gasteiger partial charge < -0.3 is 10.6 Å². The molecule has 1 amide bonds. The fourth-order valence-electron chi connectivity index (χ4n) is 1.45. The molecular weight excluding hydrogens is 219 g/mol. The van der Waals surface area contributed by atoms with Crippen molar-refractivity contribution in [1.29, 1.82) is 0 Å². The van der Waals surface area contributed by atoms with Gasteiger partial charge in [0.1, 0.15) is 11.9 Å². The predicted molar refractivity (Wildman–Crippen MR) is 67.5 cm³/mol. The van der Waals surface area contributed by atoms with Crippen LogP contribution in [0.25, 0.3) is 0 Å². The van der Waals surface area contributed by atoms with Crippen molar-refractivity contribution in [2.75, 3.05) is 11.9 Å². The topological polar surface area (TPSA) is 41.1 Å². The van der Waals surface area contributed by atoms with E-state index >= 15 is 0 Å². The molecule has 17 heavy (non-hydrogen) atoms. The molecule has 94 valence electrons. The van der Waals surface area contributed by atoms with Crippen LogP contribution in [-0.2, 0) is 4.79 Å². The Labute approximate surface area is 101 Å². The van der Waals surface area contributed by atoms with Crippen LogP contribution in [0.1, 0.15) is 25.8 Å². The summed E-state index contributed by atoms with van der Waals surface area (Å²) in [5, 5.41) is 5.84. The van der Waals surface area contributed by atoms with E-state index in [4.69, 9.17) is 0 Å². The summed E-state index contributed by atoms with van der Waals surface area (Å²) in [5.74, 6) is -0.285. The van der Waals surface area contributed by atoms with E-state index in [9.17, 15) is 9.18 Å². The lowest BCUT2D eigenvalue weighted by molar-refractivity contribution is -0.121. The monoisotopic (exact) mass is 238 g/mol.